The van der Waals surface area contributed by atoms with Crippen LogP contribution in [0.25, 0.3) is 0 Å². The molecule has 0 saturated heterocycles. The van der Waals surface area contributed by atoms with Gasteiger partial charge in [-0.05, 0) is 56.2 Å². The van der Waals surface area contributed by atoms with Crippen LogP contribution in [0.1, 0.15) is 36.2 Å². The number of hydrogen-bond acceptors (Lipinski definition) is 4. The predicted octanol–water partition coefficient (Wildman–Crippen LogP) is 3.33. The number of hydrogen-bond donors (Lipinski definition) is 2. The van der Waals surface area contributed by atoms with Gasteiger partial charge in [0.05, 0.1) is 17.7 Å². The van der Waals surface area contributed by atoms with Gasteiger partial charge in [-0.3, -0.25) is 4.79 Å². The summed E-state index contributed by atoms with van der Waals surface area (Å²) >= 11 is 0. The molecule has 2 aromatic carbocycles. The molecule has 0 spiro atoms. The van der Waals surface area contributed by atoms with Crippen molar-refractivity contribution in [3.63, 3.8) is 0 Å². The molecule has 0 saturated carbocycles. The van der Waals surface area contributed by atoms with Gasteiger partial charge >= 0.3 is 0 Å². The zero-order valence-electron chi connectivity index (χ0n) is 15.4. The Morgan fingerprint density at radius 2 is 1.92 bits per heavy atom. The van der Waals surface area contributed by atoms with Crippen LogP contribution >= 0.6 is 0 Å². The van der Waals surface area contributed by atoms with E-state index < -0.39 is 15.9 Å². The molecule has 140 valence electrons. The molecule has 0 aliphatic carbocycles. The molecule has 0 bridgehead atoms. The Hall–Kier alpha value is -2.38. The van der Waals surface area contributed by atoms with Gasteiger partial charge in [0.2, 0.25) is 10.0 Å². The molecule has 2 aromatic rings. The van der Waals surface area contributed by atoms with Gasteiger partial charge in [-0.1, -0.05) is 19.1 Å². The largest absolute Gasteiger partial charge is 0.495 e. The van der Waals surface area contributed by atoms with Crippen molar-refractivity contribution in [2.45, 2.75) is 38.1 Å². The maximum absolute atomic E-state index is 12.6. The molecule has 1 amide bonds. The second-order valence-electron chi connectivity index (χ2n) is 6.12. The van der Waals surface area contributed by atoms with E-state index in [0.717, 1.165) is 5.56 Å². The zero-order chi connectivity index (χ0) is 19.3. The number of methoxy groups -OCH3 is 1. The van der Waals surface area contributed by atoms with Crippen LogP contribution in [0.5, 0.6) is 5.75 Å². The van der Waals surface area contributed by atoms with Crippen molar-refractivity contribution in [3.8, 4) is 5.75 Å². The number of benzene rings is 2. The molecule has 0 aliphatic rings. The topological polar surface area (TPSA) is 84.5 Å². The summed E-state index contributed by atoms with van der Waals surface area (Å²) in [6, 6.07) is 11.2. The number of rotatable bonds is 7. The van der Waals surface area contributed by atoms with Crippen molar-refractivity contribution < 1.29 is 17.9 Å². The lowest BCUT2D eigenvalue weighted by Gasteiger charge is -2.13. The zero-order valence-corrected chi connectivity index (χ0v) is 16.2. The first kappa shape index (κ1) is 19.9. The summed E-state index contributed by atoms with van der Waals surface area (Å²) in [6.45, 7) is 5.59. The SMILES string of the molecule is CCC(C)NS(=O)(=O)c1cccc(C(=O)Nc2cc(C)ccc2OC)c1. The number of nitrogens with one attached hydrogen (secondary N) is 2. The average Bonchev–Trinajstić information content (AvgIpc) is 2.61. The minimum Gasteiger partial charge on any atom is -0.495 e. The number of ether oxygens (including phenoxy) is 1. The number of aryl methyl sites for hydroxylation is 1. The van der Waals surface area contributed by atoms with E-state index in [1.54, 1.807) is 31.2 Å². The summed E-state index contributed by atoms with van der Waals surface area (Å²) in [5.74, 6) is 0.126. The van der Waals surface area contributed by atoms with E-state index in [2.05, 4.69) is 10.0 Å². The first-order chi connectivity index (χ1) is 12.3. The van der Waals surface area contributed by atoms with E-state index in [9.17, 15) is 13.2 Å². The third-order valence-electron chi connectivity index (χ3n) is 3.98. The van der Waals surface area contributed by atoms with Gasteiger partial charge in [-0.15, -0.1) is 0 Å². The Kier molecular flexibility index (Phi) is 6.39. The summed E-state index contributed by atoms with van der Waals surface area (Å²) < 4.78 is 32.7. The monoisotopic (exact) mass is 376 g/mol. The molecule has 2 rings (SSSR count). The Morgan fingerprint density at radius 3 is 2.58 bits per heavy atom. The van der Waals surface area contributed by atoms with Crippen LogP contribution in [-0.2, 0) is 10.0 Å². The van der Waals surface area contributed by atoms with E-state index in [1.165, 1.54) is 19.2 Å². The van der Waals surface area contributed by atoms with Crippen LogP contribution in [-0.4, -0.2) is 27.5 Å². The maximum atomic E-state index is 12.6. The third kappa shape index (κ3) is 4.83. The normalized spacial score (nSPS) is 12.5. The van der Waals surface area contributed by atoms with Crippen LogP contribution in [0.4, 0.5) is 5.69 Å². The fourth-order valence-electron chi connectivity index (χ4n) is 2.33. The fraction of sp³-hybridized carbons (Fsp3) is 0.316. The van der Waals surface area contributed by atoms with Gasteiger partial charge in [0.15, 0.2) is 0 Å². The average molecular weight is 376 g/mol. The van der Waals surface area contributed by atoms with Crippen LogP contribution in [0, 0.1) is 6.92 Å². The number of amides is 1. The second-order valence-corrected chi connectivity index (χ2v) is 7.83. The Labute approximate surface area is 154 Å². The van der Waals surface area contributed by atoms with Crippen molar-refractivity contribution in [2.24, 2.45) is 0 Å². The van der Waals surface area contributed by atoms with Crippen LogP contribution in [0.3, 0.4) is 0 Å². The minimum atomic E-state index is -3.67. The highest BCUT2D eigenvalue weighted by atomic mass is 32.2. The standard InChI is InChI=1S/C19H24N2O4S/c1-5-14(3)21-26(23,24)16-8-6-7-15(12-16)19(22)20-17-11-13(2)9-10-18(17)25-4/h6-12,14,21H,5H2,1-4H3,(H,20,22). The van der Waals surface area contributed by atoms with Crippen LogP contribution < -0.4 is 14.8 Å². The number of carbonyl (C=O) groups excluding carboxylic acids is 1. The second kappa shape index (κ2) is 8.33. The molecular formula is C19H24N2O4S. The molecule has 0 heterocycles. The van der Waals surface area contributed by atoms with E-state index in [1.807, 2.05) is 19.9 Å². The number of carbonyl (C=O) groups is 1. The minimum absolute atomic E-state index is 0.0571. The molecule has 6 nitrogen and oxygen atoms in total. The summed E-state index contributed by atoms with van der Waals surface area (Å²) in [6.07, 6.45) is 0.673. The van der Waals surface area contributed by atoms with Gasteiger partial charge in [0.25, 0.3) is 5.91 Å². The summed E-state index contributed by atoms with van der Waals surface area (Å²) in [5.41, 5.74) is 1.75. The molecule has 7 heteroatoms. The number of anilines is 1. The molecule has 2 N–H and O–H groups in total. The van der Waals surface area contributed by atoms with Crippen molar-refractivity contribution >= 4 is 21.6 Å². The highest BCUT2D eigenvalue weighted by Gasteiger charge is 2.18. The predicted molar refractivity (Wildman–Crippen MR) is 102 cm³/mol. The Balaban J connectivity index is 2.27. The lowest BCUT2D eigenvalue weighted by Crippen LogP contribution is -2.32. The maximum Gasteiger partial charge on any atom is 0.255 e. The smallest absolute Gasteiger partial charge is 0.255 e. The Bertz CT molecular complexity index is 894. The van der Waals surface area contributed by atoms with Crippen LogP contribution in [0.2, 0.25) is 0 Å². The quantitative estimate of drug-likeness (QED) is 0.776. The first-order valence-electron chi connectivity index (χ1n) is 8.35. The molecule has 1 unspecified atom stereocenters. The van der Waals surface area contributed by atoms with Gasteiger partial charge < -0.3 is 10.1 Å². The van der Waals surface area contributed by atoms with Crippen molar-refractivity contribution in [3.05, 3.63) is 53.6 Å². The highest BCUT2D eigenvalue weighted by molar-refractivity contribution is 7.89. The molecule has 0 fully saturated rings. The molecule has 0 radical (unpaired) electrons. The van der Waals surface area contributed by atoms with Crippen molar-refractivity contribution in [1.29, 1.82) is 0 Å². The molecule has 0 aliphatic heterocycles. The van der Waals surface area contributed by atoms with E-state index in [-0.39, 0.29) is 16.5 Å². The fourth-order valence-corrected chi connectivity index (χ4v) is 3.71. The van der Waals surface area contributed by atoms with E-state index in [4.69, 9.17) is 4.74 Å². The highest BCUT2D eigenvalue weighted by Crippen LogP contribution is 2.26. The molecule has 26 heavy (non-hydrogen) atoms. The van der Waals surface area contributed by atoms with Gasteiger partial charge in [0, 0.05) is 11.6 Å². The van der Waals surface area contributed by atoms with Gasteiger partial charge in [-0.25, -0.2) is 13.1 Å². The molecule has 0 aromatic heterocycles. The van der Waals surface area contributed by atoms with Gasteiger partial charge in [-0.2, -0.15) is 0 Å². The molecular weight excluding hydrogens is 352 g/mol. The molecule has 1 atom stereocenters. The summed E-state index contributed by atoms with van der Waals surface area (Å²) in [4.78, 5) is 12.6. The van der Waals surface area contributed by atoms with Crippen LogP contribution in [0.15, 0.2) is 47.4 Å². The third-order valence-corrected chi connectivity index (χ3v) is 5.57. The van der Waals surface area contributed by atoms with E-state index in [0.29, 0.717) is 17.9 Å². The van der Waals surface area contributed by atoms with Gasteiger partial charge in [0.1, 0.15) is 5.75 Å². The number of sulfonamides is 1. The summed E-state index contributed by atoms with van der Waals surface area (Å²) in [5, 5.41) is 2.77. The van der Waals surface area contributed by atoms with Crippen molar-refractivity contribution in [2.75, 3.05) is 12.4 Å². The lowest BCUT2D eigenvalue weighted by atomic mass is 10.1. The Morgan fingerprint density at radius 1 is 1.19 bits per heavy atom. The summed E-state index contributed by atoms with van der Waals surface area (Å²) in [7, 11) is -2.15. The first-order valence-corrected chi connectivity index (χ1v) is 9.83. The van der Waals surface area contributed by atoms with Crippen molar-refractivity contribution in [1.82, 2.24) is 4.72 Å². The lowest BCUT2D eigenvalue weighted by molar-refractivity contribution is 0.102. The van der Waals surface area contributed by atoms with E-state index >= 15 is 0 Å².